The van der Waals surface area contributed by atoms with Crippen molar-refractivity contribution in [1.29, 1.82) is 0 Å². The predicted octanol–water partition coefficient (Wildman–Crippen LogP) is 4.87. The molecule has 1 fully saturated rings. The van der Waals surface area contributed by atoms with Crippen molar-refractivity contribution < 1.29 is 0 Å². The first kappa shape index (κ1) is 13.6. The Labute approximate surface area is 122 Å². The normalized spacial score (nSPS) is 23.1. The quantitative estimate of drug-likeness (QED) is 0.833. The van der Waals surface area contributed by atoms with Crippen molar-refractivity contribution in [2.24, 2.45) is 0 Å². The van der Waals surface area contributed by atoms with E-state index in [1.165, 1.54) is 48.4 Å². The van der Waals surface area contributed by atoms with Gasteiger partial charge in [0.25, 0.3) is 0 Å². The van der Waals surface area contributed by atoms with Crippen LogP contribution in [-0.2, 0) is 0 Å². The van der Waals surface area contributed by atoms with E-state index in [0.29, 0.717) is 0 Å². The minimum absolute atomic E-state index is 0.722. The van der Waals surface area contributed by atoms with Gasteiger partial charge in [0.2, 0.25) is 0 Å². The fraction of sp³-hybridized carbons (Fsp3) is 0.474. The second kappa shape index (κ2) is 6.41. The molecule has 2 aromatic carbocycles. The van der Waals surface area contributed by atoms with E-state index in [9.17, 15) is 0 Å². The van der Waals surface area contributed by atoms with E-state index in [-0.39, 0.29) is 0 Å². The lowest BCUT2D eigenvalue weighted by Crippen LogP contribution is -2.33. The van der Waals surface area contributed by atoms with Gasteiger partial charge in [-0.05, 0) is 54.5 Å². The molecule has 3 rings (SSSR count). The summed E-state index contributed by atoms with van der Waals surface area (Å²) in [5, 5.41) is 6.45. The summed E-state index contributed by atoms with van der Waals surface area (Å²) >= 11 is 0. The number of hydrogen-bond acceptors (Lipinski definition) is 1. The van der Waals surface area contributed by atoms with Crippen LogP contribution in [0.25, 0.3) is 10.8 Å². The Bertz CT molecular complexity index is 560. The van der Waals surface area contributed by atoms with Gasteiger partial charge in [0.05, 0.1) is 0 Å². The molecule has 20 heavy (non-hydrogen) atoms. The van der Waals surface area contributed by atoms with Gasteiger partial charge in [0.15, 0.2) is 0 Å². The molecule has 1 saturated carbocycles. The summed E-state index contributed by atoms with van der Waals surface area (Å²) in [6, 6.07) is 16.4. The highest BCUT2D eigenvalue weighted by atomic mass is 14.9. The largest absolute Gasteiger partial charge is 0.314 e. The van der Waals surface area contributed by atoms with Crippen LogP contribution in [0.3, 0.4) is 0 Å². The number of fused-ring (bicyclic) bond motifs is 1. The van der Waals surface area contributed by atoms with Crippen LogP contribution in [0.4, 0.5) is 0 Å². The van der Waals surface area contributed by atoms with Crippen LogP contribution in [0.5, 0.6) is 0 Å². The van der Waals surface area contributed by atoms with Crippen LogP contribution >= 0.6 is 0 Å². The van der Waals surface area contributed by atoms with Crippen molar-refractivity contribution in [2.75, 3.05) is 6.54 Å². The Morgan fingerprint density at radius 3 is 2.75 bits per heavy atom. The topological polar surface area (TPSA) is 12.0 Å². The second-order valence-electron chi connectivity index (χ2n) is 6.12. The summed E-state index contributed by atoms with van der Waals surface area (Å²) in [6.45, 7) is 3.41. The standard InChI is InChI=1S/C19H25N/c1-2-12-20-19-9-5-8-17(14-19)18-11-10-15-6-3-4-7-16(15)13-18/h3-4,6-7,10-11,13,17,19-20H,2,5,8-9,12,14H2,1H3. The smallest absolute Gasteiger partial charge is 0.00728 e. The fourth-order valence-corrected chi connectivity index (χ4v) is 3.49. The van der Waals surface area contributed by atoms with Gasteiger partial charge in [-0.2, -0.15) is 0 Å². The molecule has 106 valence electrons. The van der Waals surface area contributed by atoms with Gasteiger partial charge in [-0.25, -0.2) is 0 Å². The molecule has 2 aromatic rings. The molecule has 0 saturated heterocycles. The van der Waals surface area contributed by atoms with Crippen molar-refractivity contribution in [2.45, 2.75) is 51.0 Å². The van der Waals surface area contributed by atoms with Gasteiger partial charge in [0.1, 0.15) is 0 Å². The van der Waals surface area contributed by atoms with E-state index in [1.807, 2.05) is 0 Å². The lowest BCUT2D eigenvalue weighted by molar-refractivity contribution is 0.340. The van der Waals surface area contributed by atoms with Crippen LogP contribution in [-0.4, -0.2) is 12.6 Å². The van der Waals surface area contributed by atoms with Crippen molar-refractivity contribution in [3.8, 4) is 0 Å². The van der Waals surface area contributed by atoms with Crippen LogP contribution in [0.15, 0.2) is 42.5 Å². The lowest BCUT2D eigenvalue weighted by atomic mass is 9.81. The first-order valence-corrected chi connectivity index (χ1v) is 8.09. The van der Waals surface area contributed by atoms with Crippen molar-refractivity contribution in [3.05, 3.63) is 48.0 Å². The zero-order chi connectivity index (χ0) is 13.8. The number of nitrogens with one attached hydrogen (secondary N) is 1. The Hall–Kier alpha value is -1.34. The average molecular weight is 267 g/mol. The van der Waals surface area contributed by atoms with Crippen LogP contribution in [0, 0.1) is 0 Å². The van der Waals surface area contributed by atoms with Crippen molar-refractivity contribution >= 4 is 10.8 Å². The summed E-state index contributed by atoms with van der Waals surface area (Å²) < 4.78 is 0. The molecule has 0 heterocycles. The minimum Gasteiger partial charge on any atom is -0.314 e. The third kappa shape index (κ3) is 3.04. The molecule has 0 bridgehead atoms. The Kier molecular flexibility index (Phi) is 4.37. The van der Waals surface area contributed by atoms with Gasteiger partial charge in [0, 0.05) is 6.04 Å². The maximum Gasteiger partial charge on any atom is 0.00728 e. The Morgan fingerprint density at radius 1 is 1.05 bits per heavy atom. The van der Waals surface area contributed by atoms with Gasteiger partial charge in [-0.15, -0.1) is 0 Å². The molecule has 0 spiro atoms. The summed E-state index contributed by atoms with van der Waals surface area (Å²) in [7, 11) is 0. The molecule has 1 heteroatoms. The van der Waals surface area contributed by atoms with Gasteiger partial charge >= 0.3 is 0 Å². The molecule has 1 aliphatic carbocycles. The minimum atomic E-state index is 0.722. The number of benzene rings is 2. The fourth-order valence-electron chi connectivity index (χ4n) is 3.49. The average Bonchev–Trinajstić information content (AvgIpc) is 2.53. The molecular weight excluding hydrogens is 242 g/mol. The Morgan fingerprint density at radius 2 is 1.90 bits per heavy atom. The molecular formula is C19H25N. The van der Waals surface area contributed by atoms with Crippen LogP contribution in [0.1, 0.15) is 50.5 Å². The molecule has 2 unspecified atom stereocenters. The highest BCUT2D eigenvalue weighted by molar-refractivity contribution is 5.83. The summed E-state index contributed by atoms with van der Waals surface area (Å²) in [4.78, 5) is 0. The zero-order valence-corrected chi connectivity index (χ0v) is 12.4. The first-order valence-electron chi connectivity index (χ1n) is 8.09. The molecule has 1 N–H and O–H groups in total. The highest BCUT2D eigenvalue weighted by Gasteiger charge is 2.22. The summed E-state index contributed by atoms with van der Waals surface area (Å²) in [5.74, 6) is 0.739. The van der Waals surface area contributed by atoms with Gasteiger partial charge in [-0.1, -0.05) is 55.8 Å². The second-order valence-corrected chi connectivity index (χ2v) is 6.12. The van der Waals surface area contributed by atoms with Crippen molar-refractivity contribution in [1.82, 2.24) is 5.32 Å². The molecule has 1 nitrogen and oxygen atoms in total. The maximum absolute atomic E-state index is 3.71. The van der Waals surface area contributed by atoms with Crippen LogP contribution in [0.2, 0.25) is 0 Å². The van der Waals surface area contributed by atoms with Gasteiger partial charge < -0.3 is 5.32 Å². The SMILES string of the molecule is CCCNC1CCCC(c2ccc3ccccc3c2)C1. The van der Waals surface area contributed by atoms with Crippen LogP contribution < -0.4 is 5.32 Å². The van der Waals surface area contributed by atoms with Crippen molar-refractivity contribution in [3.63, 3.8) is 0 Å². The third-order valence-electron chi connectivity index (χ3n) is 4.60. The Balaban J connectivity index is 1.76. The summed E-state index contributed by atoms with van der Waals surface area (Å²) in [5.41, 5.74) is 1.53. The lowest BCUT2D eigenvalue weighted by Gasteiger charge is -2.30. The van der Waals surface area contributed by atoms with E-state index in [4.69, 9.17) is 0 Å². The number of hydrogen-bond donors (Lipinski definition) is 1. The molecule has 0 aliphatic heterocycles. The molecule has 0 amide bonds. The zero-order valence-electron chi connectivity index (χ0n) is 12.4. The highest BCUT2D eigenvalue weighted by Crippen LogP contribution is 2.34. The molecule has 1 aliphatic rings. The predicted molar refractivity (Wildman–Crippen MR) is 87.2 cm³/mol. The van der Waals surface area contributed by atoms with Gasteiger partial charge in [-0.3, -0.25) is 0 Å². The van der Waals surface area contributed by atoms with E-state index >= 15 is 0 Å². The molecule has 2 atom stereocenters. The number of rotatable bonds is 4. The van der Waals surface area contributed by atoms with E-state index in [1.54, 1.807) is 0 Å². The third-order valence-corrected chi connectivity index (χ3v) is 4.60. The molecule has 0 radical (unpaired) electrons. The van der Waals surface area contributed by atoms with E-state index in [2.05, 4.69) is 54.7 Å². The maximum atomic E-state index is 3.71. The van der Waals surface area contributed by atoms with E-state index in [0.717, 1.165) is 18.5 Å². The molecule has 0 aromatic heterocycles. The van der Waals surface area contributed by atoms with E-state index < -0.39 is 0 Å². The first-order chi connectivity index (χ1) is 9.86. The monoisotopic (exact) mass is 267 g/mol. The summed E-state index contributed by atoms with van der Waals surface area (Å²) in [6.07, 6.45) is 6.60.